The van der Waals surface area contributed by atoms with Crippen molar-refractivity contribution in [3.8, 4) is 0 Å². The van der Waals surface area contributed by atoms with Gasteiger partial charge in [-0.25, -0.2) is 4.98 Å². The Balaban J connectivity index is 2.30. The van der Waals surface area contributed by atoms with Crippen LogP contribution in [-0.4, -0.2) is 9.97 Å². The summed E-state index contributed by atoms with van der Waals surface area (Å²) in [4.78, 5) is 7.37. The molecule has 1 aromatic heterocycles. The van der Waals surface area contributed by atoms with Gasteiger partial charge in [-0.2, -0.15) is 13.2 Å². The SMILES string of the molecule is CC(Cc1nc2ccc(C(F)(F)F)cc2[nH]1)C(C)(C)C. The van der Waals surface area contributed by atoms with Crippen molar-refractivity contribution in [3.63, 3.8) is 0 Å². The molecule has 0 saturated carbocycles. The van der Waals surface area contributed by atoms with Crippen molar-refractivity contribution < 1.29 is 13.2 Å². The lowest BCUT2D eigenvalue weighted by atomic mass is 9.80. The molecule has 0 amide bonds. The fourth-order valence-corrected chi connectivity index (χ4v) is 1.93. The van der Waals surface area contributed by atoms with Gasteiger partial charge in [-0.3, -0.25) is 0 Å². The molecule has 1 heterocycles. The van der Waals surface area contributed by atoms with E-state index in [-0.39, 0.29) is 5.41 Å². The lowest BCUT2D eigenvalue weighted by Crippen LogP contribution is -2.19. The molecule has 1 unspecified atom stereocenters. The molecule has 110 valence electrons. The lowest BCUT2D eigenvalue weighted by Gasteiger charge is -2.26. The smallest absolute Gasteiger partial charge is 0.342 e. The molecule has 5 heteroatoms. The van der Waals surface area contributed by atoms with Crippen LogP contribution in [0.25, 0.3) is 11.0 Å². The van der Waals surface area contributed by atoms with Gasteiger partial charge in [0.05, 0.1) is 16.6 Å². The molecule has 1 atom stereocenters. The van der Waals surface area contributed by atoms with Gasteiger partial charge in [-0.1, -0.05) is 27.7 Å². The first-order valence-corrected chi connectivity index (χ1v) is 6.63. The lowest BCUT2D eigenvalue weighted by molar-refractivity contribution is -0.137. The molecule has 0 radical (unpaired) electrons. The molecule has 0 aliphatic rings. The Morgan fingerprint density at radius 1 is 1.20 bits per heavy atom. The van der Waals surface area contributed by atoms with Crippen LogP contribution >= 0.6 is 0 Å². The summed E-state index contributed by atoms with van der Waals surface area (Å²) in [6.45, 7) is 8.54. The fraction of sp³-hybridized carbons (Fsp3) is 0.533. The van der Waals surface area contributed by atoms with Crippen LogP contribution in [-0.2, 0) is 12.6 Å². The highest BCUT2D eigenvalue weighted by atomic mass is 19.4. The molecular weight excluding hydrogens is 265 g/mol. The summed E-state index contributed by atoms with van der Waals surface area (Å²) in [7, 11) is 0. The number of fused-ring (bicyclic) bond motifs is 1. The van der Waals surface area contributed by atoms with Crippen LogP contribution in [0.2, 0.25) is 0 Å². The highest BCUT2D eigenvalue weighted by molar-refractivity contribution is 5.76. The molecule has 0 aliphatic carbocycles. The van der Waals surface area contributed by atoms with E-state index >= 15 is 0 Å². The van der Waals surface area contributed by atoms with E-state index in [0.29, 0.717) is 17.0 Å². The van der Waals surface area contributed by atoms with Gasteiger partial charge >= 0.3 is 6.18 Å². The number of hydrogen-bond donors (Lipinski definition) is 1. The summed E-state index contributed by atoms with van der Waals surface area (Å²) in [6.07, 6.45) is -3.60. The Kier molecular flexibility index (Phi) is 3.56. The second-order valence-corrected chi connectivity index (χ2v) is 6.38. The number of nitrogens with zero attached hydrogens (tertiary/aromatic N) is 1. The van der Waals surface area contributed by atoms with Gasteiger partial charge in [0.2, 0.25) is 0 Å². The Hall–Kier alpha value is -1.52. The van der Waals surface area contributed by atoms with E-state index in [1.807, 2.05) is 0 Å². The molecule has 0 fully saturated rings. The first kappa shape index (κ1) is 14.9. The largest absolute Gasteiger partial charge is 0.416 e. The van der Waals surface area contributed by atoms with Crippen LogP contribution in [0.1, 0.15) is 39.1 Å². The molecule has 1 N–H and O–H groups in total. The van der Waals surface area contributed by atoms with Crippen LogP contribution in [0.4, 0.5) is 13.2 Å². The zero-order chi connectivity index (χ0) is 15.1. The van der Waals surface area contributed by atoms with Crippen molar-refractivity contribution in [2.24, 2.45) is 11.3 Å². The highest BCUT2D eigenvalue weighted by Crippen LogP contribution is 2.32. The van der Waals surface area contributed by atoms with Crippen molar-refractivity contribution in [3.05, 3.63) is 29.6 Å². The predicted molar refractivity (Wildman–Crippen MR) is 73.4 cm³/mol. The Morgan fingerprint density at radius 2 is 1.85 bits per heavy atom. The number of rotatable bonds is 2. The molecule has 1 aromatic carbocycles. The minimum Gasteiger partial charge on any atom is -0.342 e. The van der Waals surface area contributed by atoms with Crippen LogP contribution in [0, 0.1) is 11.3 Å². The summed E-state index contributed by atoms with van der Waals surface area (Å²) in [6, 6.07) is 3.60. The van der Waals surface area contributed by atoms with E-state index in [0.717, 1.165) is 24.4 Å². The van der Waals surface area contributed by atoms with E-state index in [9.17, 15) is 13.2 Å². The average Bonchev–Trinajstić information content (AvgIpc) is 2.67. The molecule has 2 rings (SSSR count). The van der Waals surface area contributed by atoms with Crippen LogP contribution in [0.5, 0.6) is 0 Å². The van der Waals surface area contributed by atoms with E-state index < -0.39 is 11.7 Å². The highest BCUT2D eigenvalue weighted by Gasteiger charge is 2.30. The third-order valence-corrected chi connectivity index (χ3v) is 3.84. The summed E-state index contributed by atoms with van der Waals surface area (Å²) in [5, 5.41) is 0. The maximum atomic E-state index is 12.7. The third kappa shape index (κ3) is 3.14. The van der Waals surface area contributed by atoms with Crippen LogP contribution in [0.3, 0.4) is 0 Å². The summed E-state index contributed by atoms with van der Waals surface area (Å²) in [5.41, 5.74) is 0.505. The monoisotopic (exact) mass is 284 g/mol. The number of alkyl halides is 3. The Morgan fingerprint density at radius 3 is 2.40 bits per heavy atom. The van der Waals surface area contributed by atoms with Gasteiger partial charge in [0.1, 0.15) is 5.82 Å². The fourth-order valence-electron chi connectivity index (χ4n) is 1.93. The quantitative estimate of drug-likeness (QED) is 0.842. The van der Waals surface area contributed by atoms with Gasteiger partial charge in [-0.05, 0) is 29.5 Å². The number of aromatic nitrogens is 2. The molecule has 0 saturated heterocycles. The second-order valence-electron chi connectivity index (χ2n) is 6.38. The minimum absolute atomic E-state index is 0.135. The molecular formula is C15H19F3N2. The third-order valence-electron chi connectivity index (χ3n) is 3.84. The number of hydrogen-bond acceptors (Lipinski definition) is 1. The first-order valence-electron chi connectivity index (χ1n) is 6.63. The van der Waals surface area contributed by atoms with Gasteiger partial charge in [-0.15, -0.1) is 0 Å². The number of benzene rings is 1. The number of imidazole rings is 1. The standard InChI is InChI=1S/C15H19F3N2/c1-9(14(2,3)4)7-13-19-11-6-5-10(15(16,17)18)8-12(11)20-13/h5-6,8-9H,7H2,1-4H3,(H,19,20). The molecule has 0 aliphatic heterocycles. The van der Waals surface area contributed by atoms with Gasteiger partial charge in [0, 0.05) is 6.42 Å². The summed E-state index contributed by atoms with van der Waals surface area (Å²) < 4.78 is 38.0. The molecule has 2 aromatic rings. The predicted octanol–water partition coefficient (Wildman–Crippen LogP) is 4.81. The van der Waals surface area contributed by atoms with Gasteiger partial charge < -0.3 is 4.98 Å². The maximum absolute atomic E-state index is 12.7. The normalized spacial score (nSPS) is 14.8. The number of nitrogens with one attached hydrogen (secondary N) is 1. The minimum atomic E-state index is -4.32. The number of halogens is 3. The zero-order valence-corrected chi connectivity index (χ0v) is 12.1. The average molecular weight is 284 g/mol. The number of aromatic amines is 1. The maximum Gasteiger partial charge on any atom is 0.416 e. The van der Waals surface area contributed by atoms with E-state index in [2.05, 4.69) is 37.7 Å². The molecule has 20 heavy (non-hydrogen) atoms. The zero-order valence-electron chi connectivity index (χ0n) is 12.1. The van der Waals surface area contributed by atoms with Crippen LogP contribution in [0.15, 0.2) is 18.2 Å². The topological polar surface area (TPSA) is 28.7 Å². The Labute approximate surface area is 116 Å². The van der Waals surface area contributed by atoms with E-state index in [4.69, 9.17) is 0 Å². The van der Waals surface area contributed by atoms with Crippen molar-refractivity contribution in [2.45, 2.75) is 40.3 Å². The second kappa shape index (κ2) is 4.79. The number of H-pyrrole nitrogens is 1. The van der Waals surface area contributed by atoms with Crippen molar-refractivity contribution in [2.75, 3.05) is 0 Å². The van der Waals surface area contributed by atoms with Crippen molar-refractivity contribution in [1.29, 1.82) is 0 Å². The first-order chi connectivity index (χ1) is 9.07. The van der Waals surface area contributed by atoms with Crippen LogP contribution < -0.4 is 0 Å². The van der Waals surface area contributed by atoms with Gasteiger partial charge in [0.15, 0.2) is 0 Å². The molecule has 2 nitrogen and oxygen atoms in total. The summed E-state index contributed by atoms with van der Waals surface area (Å²) >= 11 is 0. The Bertz CT molecular complexity index is 606. The van der Waals surface area contributed by atoms with Crippen molar-refractivity contribution >= 4 is 11.0 Å². The van der Waals surface area contributed by atoms with Crippen molar-refractivity contribution in [1.82, 2.24) is 9.97 Å². The molecule has 0 spiro atoms. The summed E-state index contributed by atoms with van der Waals surface area (Å²) in [5.74, 6) is 1.12. The van der Waals surface area contributed by atoms with E-state index in [1.54, 1.807) is 0 Å². The van der Waals surface area contributed by atoms with Gasteiger partial charge in [0.25, 0.3) is 0 Å². The molecule has 0 bridgehead atoms. The van der Waals surface area contributed by atoms with E-state index in [1.165, 1.54) is 6.07 Å².